The summed E-state index contributed by atoms with van der Waals surface area (Å²) in [6.45, 7) is 2.72. The summed E-state index contributed by atoms with van der Waals surface area (Å²) < 4.78 is 5.36. The number of carbonyl (C=O) groups is 3. The highest BCUT2D eigenvalue weighted by Gasteiger charge is 2.57. The van der Waals surface area contributed by atoms with Crippen LogP contribution in [-0.4, -0.2) is 41.9 Å². The van der Waals surface area contributed by atoms with Crippen LogP contribution in [0.25, 0.3) is 0 Å². The quantitative estimate of drug-likeness (QED) is 0.691. The van der Waals surface area contributed by atoms with Gasteiger partial charge in [0.05, 0.1) is 5.41 Å². The summed E-state index contributed by atoms with van der Waals surface area (Å²) in [5.41, 5.74) is 1.90. The third-order valence-corrected chi connectivity index (χ3v) is 8.36. The summed E-state index contributed by atoms with van der Waals surface area (Å²) in [7, 11) is 0. The lowest BCUT2D eigenvalue weighted by Gasteiger charge is -2.56. The molecule has 0 spiro atoms. The van der Waals surface area contributed by atoms with Crippen molar-refractivity contribution in [2.24, 2.45) is 23.2 Å². The molecule has 32 heavy (non-hydrogen) atoms. The van der Waals surface area contributed by atoms with Crippen molar-refractivity contribution in [2.45, 2.75) is 70.9 Å². The average Bonchev–Trinajstić information content (AvgIpc) is 3.25. The van der Waals surface area contributed by atoms with Gasteiger partial charge >= 0.3 is 5.97 Å². The number of hydrogen-bond acceptors (Lipinski definition) is 4. The van der Waals surface area contributed by atoms with E-state index in [1.165, 1.54) is 19.3 Å². The molecule has 5 aliphatic rings. The molecule has 2 amide bonds. The Morgan fingerprint density at radius 3 is 2.38 bits per heavy atom. The third-order valence-electron chi connectivity index (χ3n) is 8.36. The molecule has 4 saturated carbocycles. The summed E-state index contributed by atoms with van der Waals surface area (Å²) in [4.78, 5) is 40.5. The van der Waals surface area contributed by atoms with Gasteiger partial charge in [0.1, 0.15) is 6.04 Å². The second-order valence-electron chi connectivity index (χ2n) is 10.7. The number of aryl methyl sites for hydroxylation is 1. The van der Waals surface area contributed by atoms with Crippen LogP contribution < -0.4 is 5.32 Å². The van der Waals surface area contributed by atoms with Crippen LogP contribution >= 0.6 is 0 Å². The largest absolute Gasteiger partial charge is 0.454 e. The Bertz CT molecular complexity index is 876. The fraction of sp³-hybridized carbons (Fsp3) is 0.654. The van der Waals surface area contributed by atoms with E-state index in [9.17, 15) is 14.4 Å². The smallest absolute Gasteiger partial charge is 0.329 e. The van der Waals surface area contributed by atoms with Gasteiger partial charge in [-0.25, -0.2) is 4.79 Å². The van der Waals surface area contributed by atoms with Crippen molar-refractivity contribution >= 4 is 17.8 Å². The minimum absolute atomic E-state index is 0.181. The first kappa shape index (κ1) is 21.5. The Hall–Kier alpha value is -2.37. The highest BCUT2D eigenvalue weighted by molar-refractivity contribution is 5.90. The zero-order valence-electron chi connectivity index (χ0n) is 19.0. The summed E-state index contributed by atoms with van der Waals surface area (Å²) in [6.07, 6.45) is 8.30. The topological polar surface area (TPSA) is 75.7 Å². The van der Waals surface area contributed by atoms with Crippen LogP contribution in [0.4, 0.5) is 0 Å². The molecular weight excluding hydrogens is 404 g/mol. The molecular formula is C26H34N2O4. The van der Waals surface area contributed by atoms with Gasteiger partial charge in [-0.05, 0) is 87.2 Å². The molecule has 1 aromatic rings. The van der Waals surface area contributed by atoms with Gasteiger partial charge in [-0.15, -0.1) is 0 Å². The maximum Gasteiger partial charge on any atom is 0.329 e. The van der Waals surface area contributed by atoms with E-state index >= 15 is 0 Å². The van der Waals surface area contributed by atoms with Crippen molar-refractivity contribution in [3.63, 3.8) is 0 Å². The number of amides is 2. The molecule has 1 unspecified atom stereocenters. The third kappa shape index (κ3) is 4.04. The van der Waals surface area contributed by atoms with Crippen LogP contribution in [0.15, 0.2) is 24.3 Å². The maximum atomic E-state index is 13.7. The van der Waals surface area contributed by atoms with Crippen LogP contribution in [0.1, 0.15) is 62.5 Å². The summed E-state index contributed by atoms with van der Waals surface area (Å²) in [6, 6.07) is 7.31. The Labute approximate surface area is 190 Å². The first-order chi connectivity index (χ1) is 15.4. The standard InChI is InChI=1S/C26H34N2O4/c1-17-5-2-3-6-21(17)15-27-23(29)16-32-24(30)22-7-4-8-28(22)25(31)26-12-18-9-19(13-26)11-20(10-18)14-26/h2-3,5-6,18-20,22H,4,7-16H2,1H3,(H,27,29). The monoisotopic (exact) mass is 438 g/mol. The lowest BCUT2D eigenvalue weighted by molar-refractivity contribution is -0.166. The Morgan fingerprint density at radius 1 is 1.06 bits per heavy atom. The van der Waals surface area contributed by atoms with E-state index in [0.717, 1.165) is 36.8 Å². The fourth-order valence-corrected chi connectivity index (χ4v) is 7.22. The van der Waals surface area contributed by atoms with Gasteiger partial charge in [0.2, 0.25) is 5.91 Å². The van der Waals surface area contributed by atoms with E-state index in [-0.39, 0.29) is 23.8 Å². The van der Waals surface area contributed by atoms with Gasteiger partial charge in [-0.1, -0.05) is 24.3 Å². The van der Waals surface area contributed by atoms with Crippen molar-refractivity contribution in [3.8, 4) is 0 Å². The first-order valence-corrected chi connectivity index (χ1v) is 12.2. The van der Waals surface area contributed by atoms with E-state index in [2.05, 4.69) is 5.32 Å². The van der Waals surface area contributed by atoms with E-state index in [1.54, 1.807) is 4.90 Å². The molecule has 6 nitrogen and oxygen atoms in total. The van der Waals surface area contributed by atoms with Gasteiger partial charge in [-0.2, -0.15) is 0 Å². The molecule has 172 valence electrons. The molecule has 1 saturated heterocycles. The zero-order valence-corrected chi connectivity index (χ0v) is 19.0. The molecule has 0 radical (unpaired) electrons. The number of esters is 1. The number of likely N-dealkylation sites (tertiary alicyclic amines) is 1. The number of carbonyl (C=O) groups excluding carboxylic acids is 3. The van der Waals surface area contributed by atoms with Gasteiger partial charge in [0, 0.05) is 13.1 Å². The Kier molecular flexibility index (Phi) is 5.72. The molecule has 6 heteroatoms. The average molecular weight is 439 g/mol. The molecule has 1 atom stereocenters. The minimum Gasteiger partial charge on any atom is -0.454 e. The van der Waals surface area contributed by atoms with E-state index < -0.39 is 12.0 Å². The first-order valence-electron chi connectivity index (χ1n) is 12.2. The molecule has 4 bridgehead atoms. The predicted molar refractivity (Wildman–Crippen MR) is 119 cm³/mol. The van der Waals surface area contributed by atoms with E-state index in [4.69, 9.17) is 4.74 Å². The van der Waals surface area contributed by atoms with Crippen molar-refractivity contribution in [1.82, 2.24) is 10.2 Å². The highest BCUT2D eigenvalue weighted by atomic mass is 16.5. The summed E-state index contributed by atoms with van der Waals surface area (Å²) in [5.74, 6) is 1.49. The molecule has 6 rings (SSSR count). The normalized spacial score (nSPS) is 32.7. The zero-order chi connectivity index (χ0) is 22.3. The van der Waals surface area contributed by atoms with Crippen LogP contribution in [0.2, 0.25) is 0 Å². The van der Waals surface area contributed by atoms with E-state index in [1.807, 2.05) is 31.2 Å². The fourth-order valence-electron chi connectivity index (χ4n) is 7.22. The number of ether oxygens (including phenoxy) is 1. The van der Waals surface area contributed by atoms with Crippen molar-refractivity contribution in [3.05, 3.63) is 35.4 Å². The highest BCUT2D eigenvalue weighted by Crippen LogP contribution is 2.60. The molecule has 0 aromatic heterocycles. The van der Waals surface area contributed by atoms with Crippen LogP contribution in [-0.2, 0) is 25.7 Å². The summed E-state index contributed by atoms with van der Waals surface area (Å²) in [5, 5.41) is 2.81. The van der Waals surface area contributed by atoms with Gasteiger partial charge in [0.25, 0.3) is 5.91 Å². The molecule has 1 N–H and O–H groups in total. The number of hydrogen-bond donors (Lipinski definition) is 1. The van der Waals surface area contributed by atoms with Crippen LogP contribution in [0.3, 0.4) is 0 Å². The second-order valence-corrected chi connectivity index (χ2v) is 10.7. The Balaban J connectivity index is 1.16. The number of nitrogens with zero attached hydrogens (tertiary/aromatic N) is 1. The van der Waals surface area contributed by atoms with Gasteiger partial charge < -0.3 is 15.0 Å². The second kappa shape index (κ2) is 8.53. The van der Waals surface area contributed by atoms with Crippen molar-refractivity contribution < 1.29 is 19.1 Å². The van der Waals surface area contributed by atoms with Crippen molar-refractivity contribution in [2.75, 3.05) is 13.2 Å². The van der Waals surface area contributed by atoms with Crippen LogP contribution in [0.5, 0.6) is 0 Å². The van der Waals surface area contributed by atoms with Crippen molar-refractivity contribution in [1.29, 1.82) is 0 Å². The molecule has 1 aliphatic heterocycles. The van der Waals surface area contributed by atoms with E-state index in [0.29, 0.717) is 37.3 Å². The Morgan fingerprint density at radius 2 is 1.72 bits per heavy atom. The molecule has 1 aromatic carbocycles. The lowest BCUT2D eigenvalue weighted by atomic mass is 9.49. The van der Waals surface area contributed by atoms with Gasteiger partial charge in [-0.3, -0.25) is 9.59 Å². The number of benzene rings is 1. The number of nitrogens with one attached hydrogen (secondary N) is 1. The number of rotatable bonds is 6. The maximum absolute atomic E-state index is 13.7. The molecule has 4 aliphatic carbocycles. The van der Waals surface area contributed by atoms with Gasteiger partial charge in [0.15, 0.2) is 6.61 Å². The minimum atomic E-state index is -0.542. The van der Waals surface area contributed by atoms with Crippen LogP contribution in [0, 0.1) is 30.1 Å². The summed E-state index contributed by atoms with van der Waals surface area (Å²) >= 11 is 0. The SMILES string of the molecule is Cc1ccccc1CNC(=O)COC(=O)C1CCCN1C(=O)C12CC3CC(CC(C3)C1)C2. The molecule has 5 fully saturated rings. The lowest BCUT2D eigenvalue weighted by Crippen LogP contribution is -2.56. The molecule has 1 heterocycles. The predicted octanol–water partition coefficient (Wildman–Crippen LogP) is 3.36.